The molecule has 1 atom stereocenters. The Morgan fingerprint density at radius 2 is 1.76 bits per heavy atom. The van der Waals surface area contributed by atoms with Gasteiger partial charge >= 0.3 is 0 Å². The van der Waals surface area contributed by atoms with E-state index in [9.17, 15) is 9.59 Å². The highest BCUT2D eigenvalue weighted by Gasteiger charge is 2.32. The first-order valence-corrected chi connectivity index (χ1v) is 16.8. The van der Waals surface area contributed by atoms with Crippen molar-refractivity contribution in [1.29, 1.82) is 0 Å². The van der Waals surface area contributed by atoms with E-state index in [0.717, 1.165) is 20.3 Å². The topological polar surface area (TPSA) is 81.9 Å². The van der Waals surface area contributed by atoms with Gasteiger partial charge in [0.2, 0.25) is 0 Å². The number of fused-ring (bicyclic) bond motifs is 1. The van der Waals surface area contributed by atoms with Gasteiger partial charge < -0.3 is 14.8 Å². The zero-order valence-corrected chi connectivity index (χ0v) is 29.1. The summed E-state index contributed by atoms with van der Waals surface area (Å²) >= 11 is 16.0. The molecule has 1 aromatic heterocycles. The number of benzene rings is 4. The summed E-state index contributed by atoms with van der Waals surface area (Å²) in [6, 6.07) is 26.9. The van der Waals surface area contributed by atoms with Crippen molar-refractivity contribution in [1.82, 2.24) is 4.57 Å². The van der Waals surface area contributed by atoms with Crippen LogP contribution in [0.15, 0.2) is 112 Å². The third-order valence-corrected chi connectivity index (χ3v) is 9.77. The minimum absolute atomic E-state index is 0.269. The number of carbonyl (C=O) groups excluding carboxylic acids is 1. The second-order valence-corrected chi connectivity index (χ2v) is 13.4. The molecule has 11 heteroatoms. The van der Waals surface area contributed by atoms with Gasteiger partial charge in [0.05, 0.1) is 32.5 Å². The monoisotopic (exact) mass is 781 g/mol. The van der Waals surface area contributed by atoms with E-state index in [4.69, 9.17) is 37.7 Å². The van der Waals surface area contributed by atoms with E-state index in [2.05, 4.69) is 27.9 Å². The van der Waals surface area contributed by atoms with Crippen molar-refractivity contribution in [3.63, 3.8) is 0 Å². The van der Waals surface area contributed by atoms with Crippen LogP contribution in [0.25, 0.3) is 6.08 Å². The maximum Gasteiger partial charge on any atom is 0.271 e. The SMILES string of the molecule is COc1cc(/C=c2\sc3n(c2=O)[C@H](c2ccc(Cl)cc2)C(C(=O)Nc2ccccc2)=C(C)N=3)cc(I)c1OCc1ccccc1Cl. The largest absolute Gasteiger partial charge is 0.493 e. The number of thiazole rings is 1. The minimum atomic E-state index is -0.713. The number of methoxy groups -OCH3 is 1. The van der Waals surface area contributed by atoms with Crippen LogP contribution in [0.4, 0.5) is 5.69 Å². The number of hydrogen-bond acceptors (Lipinski definition) is 6. The standard InChI is InChI=1S/C35H26Cl2IN3O4S/c1-20-30(33(42)40-25-9-4-3-5-10-25)31(22-12-14-24(36)15-13-22)41-34(43)29(46-35(41)39-20)18-21-16-27(38)32(28(17-21)44-2)45-19-23-8-6-7-11-26(23)37/h3-18,31H,19H2,1-2H3,(H,40,42)/b29-18-/t31-/m1/s1. The fraction of sp³-hybridized carbons (Fsp3) is 0.114. The molecule has 1 N–H and O–H groups in total. The van der Waals surface area contributed by atoms with Crippen LogP contribution in [-0.2, 0) is 11.4 Å². The van der Waals surface area contributed by atoms with Gasteiger partial charge in [0, 0.05) is 21.3 Å². The summed E-state index contributed by atoms with van der Waals surface area (Å²) in [5.41, 5.74) is 3.61. The van der Waals surface area contributed by atoms with Crippen molar-refractivity contribution in [2.24, 2.45) is 4.99 Å². The lowest BCUT2D eigenvalue weighted by molar-refractivity contribution is -0.113. The summed E-state index contributed by atoms with van der Waals surface area (Å²) < 4.78 is 14.6. The number of nitrogens with zero attached hydrogens (tertiary/aromatic N) is 2. The fourth-order valence-corrected chi connectivity index (χ4v) is 7.32. The zero-order chi connectivity index (χ0) is 32.4. The Morgan fingerprint density at radius 1 is 1.04 bits per heavy atom. The molecule has 0 bridgehead atoms. The molecule has 2 heterocycles. The fourth-order valence-electron chi connectivity index (χ4n) is 5.17. The number of rotatable bonds is 8. The van der Waals surface area contributed by atoms with Crippen LogP contribution < -0.4 is 29.7 Å². The predicted molar refractivity (Wildman–Crippen MR) is 192 cm³/mol. The van der Waals surface area contributed by atoms with Crippen molar-refractivity contribution in [3.8, 4) is 11.5 Å². The number of aromatic nitrogens is 1. The number of nitrogens with one attached hydrogen (secondary N) is 1. The molecule has 7 nitrogen and oxygen atoms in total. The van der Waals surface area contributed by atoms with Gasteiger partial charge in [-0.05, 0) is 89.2 Å². The highest BCUT2D eigenvalue weighted by molar-refractivity contribution is 14.1. The summed E-state index contributed by atoms with van der Waals surface area (Å²) in [5, 5.41) is 4.13. The molecule has 0 fully saturated rings. The van der Waals surface area contributed by atoms with Crippen LogP contribution in [0, 0.1) is 3.57 Å². The van der Waals surface area contributed by atoms with Crippen LogP contribution in [0.3, 0.4) is 0 Å². The number of para-hydroxylation sites is 1. The summed E-state index contributed by atoms with van der Waals surface area (Å²) in [7, 11) is 1.57. The molecule has 0 saturated heterocycles. The van der Waals surface area contributed by atoms with E-state index >= 15 is 0 Å². The summed E-state index contributed by atoms with van der Waals surface area (Å²) in [6.07, 6.45) is 1.80. The molecule has 0 spiro atoms. The van der Waals surface area contributed by atoms with Gasteiger partial charge in [-0.3, -0.25) is 14.2 Å². The Hall–Kier alpha value is -3.90. The lowest BCUT2D eigenvalue weighted by Gasteiger charge is -2.25. The molecule has 46 heavy (non-hydrogen) atoms. The molecule has 1 aliphatic rings. The normalized spacial score (nSPS) is 14.5. The average Bonchev–Trinajstić information content (AvgIpc) is 3.34. The van der Waals surface area contributed by atoms with Crippen LogP contribution in [0.2, 0.25) is 10.0 Å². The second-order valence-electron chi connectivity index (χ2n) is 10.4. The number of ether oxygens (including phenoxy) is 2. The third-order valence-electron chi connectivity index (χ3n) is 7.36. The highest BCUT2D eigenvalue weighted by Crippen LogP contribution is 2.36. The molecule has 0 saturated carbocycles. The van der Waals surface area contributed by atoms with E-state index in [0.29, 0.717) is 47.8 Å². The highest BCUT2D eigenvalue weighted by atomic mass is 127. The number of hydrogen-bond donors (Lipinski definition) is 1. The van der Waals surface area contributed by atoms with Gasteiger partial charge in [0.1, 0.15) is 6.61 Å². The van der Waals surface area contributed by atoms with E-state index in [1.807, 2.05) is 78.9 Å². The molecule has 1 aliphatic heterocycles. The Balaban J connectivity index is 1.40. The van der Waals surface area contributed by atoms with Crippen LogP contribution in [0.5, 0.6) is 11.5 Å². The lowest BCUT2D eigenvalue weighted by Crippen LogP contribution is -2.40. The molecule has 1 amide bonds. The Morgan fingerprint density at radius 3 is 2.48 bits per heavy atom. The van der Waals surface area contributed by atoms with Gasteiger partial charge in [0.15, 0.2) is 16.3 Å². The first kappa shape index (κ1) is 32.1. The number of carbonyl (C=O) groups is 1. The van der Waals surface area contributed by atoms with Crippen LogP contribution in [0.1, 0.15) is 29.7 Å². The molecule has 5 aromatic rings. The Bertz CT molecular complexity index is 2160. The number of amides is 1. The van der Waals surface area contributed by atoms with Crippen molar-refractivity contribution in [2.45, 2.75) is 19.6 Å². The van der Waals surface area contributed by atoms with E-state index in [-0.39, 0.29) is 18.1 Å². The molecule has 6 rings (SSSR count). The average molecular weight is 782 g/mol. The molecule has 0 unspecified atom stereocenters. The quantitative estimate of drug-likeness (QED) is 0.167. The molecule has 0 aliphatic carbocycles. The van der Waals surface area contributed by atoms with Crippen molar-refractivity contribution in [3.05, 3.63) is 152 Å². The lowest BCUT2D eigenvalue weighted by atomic mass is 9.95. The summed E-state index contributed by atoms with van der Waals surface area (Å²) in [6.45, 7) is 2.06. The van der Waals surface area contributed by atoms with Crippen LogP contribution in [-0.4, -0.2) is 17.6 Å². The van der Waals surface area contributed by atoms with Gasteiger partial charge in [-0.25, -0.2) is 4.99 Å². The zero-order valence-electron chi connectivity index (χ0n) is 24.6. The summed E-state index contributed by atoms with van der Waals surface area (Å²) in [5.74, 6) is 0.759. The van der Waals surface area contributed by atoms with E-state index in [1.165, 1.54) is 11.3 Å². The number of anilines is 1. The number of halogens is 3. The summed E-state index contributed by atoms with van der Waals surface area (Å²) in [4.78, 5) is 33.1. The van der Waals surface area contributed by atoms with Gasteiger partial charge in [-0.1, -0.05) is 83.1 Å². The van der Waals surface area contributed by atoms with Crippen molar-refractivity contribution < 1.29 is 14.3 Å². The molecule has 4 aromatic carbocycles. The molecule has 0 radical (unpaired) electrons. The first-order valence-electron chi connectivity index (χ1n) is 14.1. The van der Waals surface area contributed by atoms with E-state index < -0.39 is 6.04 Å². The van der Waals surface area contributed by atoms with Crippen molar-refractivity contribution in [2.75, 3.05) is 12.4 Å². The Kier molecular flexibility index (Phi) is 9.65. The predicted octanol–water partition coefficient (Wildman–Crippen LogP) is 7.37. The Labute approximate surface area is 292 Å². The molecular formula is C35H26Cl2IN3O4S. The maximum atomic E-state index is 14.1. The van der Waals surface area contributed by atoms with Crippen molar-refractivity contribution >= 4 is 74.8 Å². The molecular weight excluding hydrogens is 756 g/mol. The molecule has 232 valence electrons. The van der Waals surface area contributed by atoms with Gasteiger partial charge in [-0.2, -0.15) is 0 Å². The second kappa shape index (κ2) is 13.8. The van der Waals surface area contributed by atoms with Gasteiger partial charge in [0.25, 0.3) is 11.5 Å². The first-order chi connectivity index (χ1) is 22.2. The smallest absolute Gasteiger partial charge is 0.271 e. The van der Waals surface area contributed by atoms with Gasteiger partial charge in [-0.15, -0.1) is 0 Å². The maximum absolute atomic E-state index is 14.1. The van der Waals surface area contributed by atoms with E-state index in [1.54, 1.807) is 36.8 Å². The third kappa shape index (κ3) is 6.64. The number of allylic oxidation sites excluding steroid dienone is 1. The minimum Gasteiger partial charge on any atom is -0.493 e. The van der Waals surface area contributed by atoms with Crippen LogP contribution >= 0.6 is 57.1 Å².